The zero-order chi connectivity index (χ0) is 21.5. The van der Waals surface area contributed by atoms with Crippen LogP contribution in [0.25, 0.3) is 11.3 Å². The van der Waals surface area contributed by atoms with Crippen molar-refractivity contribution in [3.63, 3.8) is 0 Å². The van der Waals surface area contributed by atoms with Crippen molar-refractivity contribution >= 4 is 28.6 Å². The van der Waals surface area contributed by atoms with Gasteiger partial charge in [0.15, 0.2) is 0 Å². The number of hydrazine groups is 1. The summed E-state index contributed by atoms with van der Waals surface area (Å²) in [6.45, 7) is 9.72. The third kappa shape index (κ3) is 5.63. The molecule has 0 bridgehead atoms. The van der Waals surface area contributed by atoms with E-state index in [9.17, 15) is 0 Å². The van der Waals surface area contributed by atoms with Gasteiger partial charge >= 0.3 is 0 Å². The largest absolute Gasteiger partial charge is 0.306 e. The van der Waals surface area contributed by atoms with Crippen molar-refractivity contribution in [2.75, 3.05) is 5.01 Å². The number of rotatable bonds is 10. The summed E-state index contributed by atoms with van der Waals surface area (Å²) in [5.74, 6) is 1.12. The fourth-order valence-electron chi connectivity index (χ4n) is 3.71. The molecular formula is C25H32ClN3S. The van der Waals surface area contributed by atoms with Crippen LogP contribution in [0.4, 0.5) is 5.69 Å². The van der Waals surface area contributed by atoms with Crippen LogP contribution < -0.4 is 10.4 Å². The molecule has 3 nitrogen and oxygen atoms in total. The second-order valence-electron chi connectivity index (χ2n) is 7.86. The van der Waals surface area contributed by atoms with E-state index in [4.69, 9.17) is 11.6 Å². The molecule has 3 rings (SSSR count). The Morgan fingerprint density at radius 2 is 1.67 bits per heavy atom. The van der Waals surface area contributed by atoms with Crippen molar-refractivity contribution in [2.24, 2.45) is 0 Å². The number of thiazole rings is 1. The zero-order valence-electron chi connectivity index (χ0n) is 18.4. The van der Waals surface area contributed by atoms with Gasteiger partial charge in [0, 0.05) is 23.5 Å². The van der Waals surface area contributed by atoms with Gasteiger partial charge in [-0.1, -0.05) is 50.2 Å². The number of nitrogens with zero attached hydrogens (tertiary/aromatic N) is 2. The summed E-state index contributed by atoms with van der Waals surface area (Å²) in [6.07, 6.45) is 2.37. The first-order chi connectivity index (χ1) is 14.5. The minimum Gasteiger partial charge on any atom is -0.306 e. The number of nitrogens with one attached hydrogen (secondary N) is 1. The highest BCUT2D eigenvalue weighted by molar-refractivity contribution is 7.10. The Balaban J connectivity index is 1.66. The van der Waals surface area contributed by atoms with Crippen LogP contribution in [0.15, 0.2) is 53.9 Å². The lowest BCUT2D eigenvalue weighted by Crippen LogP contribution is -2.42. The van der Waals surface area contributed by atoms with Crippen LogP contribution in [0.2, 0.25) is 0 Å². The molecule has 1 aromatic heterocycles. The molecule has 0 fully saturated rings. The molecule has 0 aliphatic carbocycles. The van der Waals surface area contributed by atoms with E-state index in [1.165, 1.54) is 29.7 Å². The fourth-order valence-corrected chi connectivity index (χ4v) is 4.61. The van der Waals surface area contributed by atoms with Crippen LogP contribution in [0, 0.1) is 0 Å². The van der Waals surface area contributed by atoms with Gasteiger partial charge in [0.1, 0.15) is 5.01 Å². The topological polar surface area (TPSA) is 28.2 Å². The van der Waals surface area contributed by atoms with E-state index in [1.807, 2.05) is 0 Å². The molecule has 3 aromatic rings. The fraction of sp³-hybridized carbons (Fsp3) is 0.400. The molecule has 0 aliphatic rings. The van der Waals surface area contributed by atoms with E-state index in [0.717, 1.165) is 22.8 Å². The van der Waals surface area contributed by atoms with Crippen LogP contribution in [0.3, 0.4) is 0 Å². The number of hydrogen-bond donors (Lipinski definition) is 1. The van der Waals surface area contributed by atoms with Gasteiger partial charge < -0.3 is 5.01 Å². The van der Waals surface area contributed by atoms with Crippen LogP contribution in [-0.4, -0.2) is 11.0 Å². The summed E-state index contributed by atoms with van der Waals surface area (Å²) >= 11 is 7.48. The molecule has 30 heavy (non-hydrogen) atoms. The molecule has 0 aliphatic heterocycles. The number of aromatic nitrogens is 1. The Labute approximate surface area is 190 Å². The molecule has 0 spiro atoms. The van der Waals surface area contributed by atoms with Crippen LogP contribution in [0.1, 0.15) is 62.6 Å². The molecule has 1 N–H and O–H groups in total. The summed E-state index contributed by atoms with van der Waals surface area (Å²) in [5, 5.41) is 5.27. The minimum absolute atomic E-state index is 0.354. The molecule has 0 amide bonds. The number of hydrogen-bond acceptors (Lipinski definition) is 4. The first-order valence-electron chi connectivity index (χ1n) is 10.8. The van der Waals surface area contributed by atoms with Crippen molar-refractivity contribution in [2.45, 2.75) is 64.9 Å². The smallest absolute Gasteiger partial charge is 0.108 e. The zero-order valence-corrected chi connectivity index (χ0v) is 19.9. The Morgan fingerprint density at radius 3 is 2.20 bits per heavy atom. The quantitative estimate of drug-likeness (QED) is 0.263. The van der Waals surface area contributed by atoms with Crippen LogP contribution >= 0.6 is 22.9 Å². The van der Waals surface area contributed by atoms with Crippen LogP contribution in [-0.2, 0) is 12.4 Å². The molecule has 0 saturated carbocycles. The van der Waals surface area contributed by atoms with Gasteiger partial charge in [-0.25, -0.2) is 10.4 Å². The maximum Gasteiger partial charge on any atom is 0.108 e. The first-order valence-corrected chi connectivity index (χ1v) is 12.2. The summed E-state index contributed by atoms with van der Waals surface area (Å²) < 4.78 is 0. The van der Waals surface area contributed by atoms with Crippen molar-refractivity contribution in [1.29, 1.82) is 0 Å². The molecule has 0 saturated heterocycles. The maximum absolute atomic E-state index is 5.87. The summed E-state index contributed by atoms with van der Waals surface area (Å²) in [4.78, 5) is 4.56. The highest BCUT2D eigenvalue weighted by Gasteiger charge is 2.12. The van der Waals surface area contributed by atoms with Gasteiger partial charge in [-0.2, -0.15) is 0 Å². The van der Waals surface area contributed by atoms with Gasteiger partial charge in [0.25, 0.3) is 0 Å². The monoisotopic (exact) mass is 441 g/mol. The van der Waals surface area contributed by atoms with Gasteiger partial charge in [-0.05, 0) is 55.9 Å². The van der Waals surface area contributed by atoms with Gasteiger partial charge in [0.05, 0.1) is 17.3 Å². The first kappa shape index (κ1) is 22.8. The number of anilines is 1. The van der Waals surface area contributed by atoms with E-state index in [1.54, 1.807) is 11.3 Å². The second kappa shape index (κ2) is 10.9. The Hall–Kier alpha value is -1.88. The Kier molecular flexibility index (Phi) is 8.32. The van der Waals surface area contributed by atoms with Crippen molar-refractivity contribution < 1.29 is 0 Å². The van der Waals surface area contributed by atoms with E-state index in [-0.39, 0.29) is 0 Å². The lowest BCUT2D eigenvalue weighted by molar-refractivity contribution is 0.560. The van der Waals surface area contributed by atoms with E-state index >= 15 is 0 Å². The van der Waals surface area contributed by atoms with Gasteiger partial charge in [0.2, 0.25) is 0 Å². The lowest BCUT2D eigenvalue weighted by atomic mass is 9.94. The maximum atomic E-state index is 5.87. The third-order valence-corrected chi connectivity index (χ3v) is 6.77. The third-order valence-electron chi connectivity index (χ3n) is 5.51. The van der Waals surface area contributed by atoms with Crippen LogP contribution in [0.5, 0.6) is 0 Å². The summed E-state index contributed by atoms with van der Waals surface area (Å²) in [6, 6.07) is 18.0. The average molecular weight is 442 g/mol. The van der Waals surface area contributed by atoms with E-state index < -0.39 is 0 Å². The summed E-state index contributed by atoms with van der Waals surface area (Å²) in [7, 11) is 0. The predicted octanol–water partition coefficient (Wildman–Crippen LogP) is 7.37. The molecule has 0 unspecified atom stereocenters. The van der Waals surface area contributed by atoms with Crippen molar-refractivity contribution in [1.82, 2.24) is 10.4 Å². The average Bonchev–Trinajstić information content (AvgIpc) is 3.25. The van der Waals surface area contributed by atoms with Crippen molar-refractivity contribution in [3.8, 4) is 11.3 Å². The molecule has 0 radical (unpaired) electrons. The normalized spacial score (nSPS) is 11.4. The molecule has 2 aromatic carbocycles. The number of benzene rings is 2. The SMILES string of the molecule is CCC(CC)c1ccc(N(NCc2ccc(-c3csc(CCl)n3)cc2)C(C)C)cc1. The van der Waals surface area contributed by atoms with Gasteiger partial charge in [-0.3, -0.25) is 0 Å². The second-order valence-corrected chi connectivity index (χ2v) is 9.07. The molecule has 160 valence electrons. The Morgan fingerprint density at radius 1 is 1.00 bits per heavy atom. The highest BCUT2D eigenvalue weighted by Crippen LogP contribution is 2.26. The molecule has 1 heterocycles. The minimum atomic E-state index is 0.354. The number of halogens is 1. The number of alkyl halides is 1. The van der Waals surface area contributed by atoms with E-state index in [2.05, 4.69) is 97.0 Å². The molecule has 0 atom stereocenters. The lowest BCUT2D eigenvalue weighted by Gasteiger charge is -2.30. The van der Waals surface area contributed by atoms with Crippen molar-refractivity contribution in [3.05, 3.63) is 70.0 Å². The van der Waals surface area contributed by atoms with E-state index in [0.29, 0.717) is 17.8 Å². The standard InChI is InChI=1S/C25H32ClN3S/c1-5-20(6-2)21-11-13-23(14-12-21)29(18(3)4)27-16-19-7-9-22(10-8-19)24-17-30-25(15-26)28-24/h7-14,17-18,20,27H,5-6,15-16H2,1-4H3. The molecular weight excluding hydrogens is 410 g/mol. The Bertz CT molecular complexity index is 899. The highest BCUT2D eigenvalue weighted by atomic mass is 35.5. The predicted molar refractivity (Wildman–Crippen MR) is 131 cm³/mol. The summed E-state index contributed by atoms with van der Waals surface area (Å²) in [5.41, 5.74) is 9.60. The molecule has 5 heteroatoms. The van der Waals surface area contributed by atoms with Gasteiger partial charge in [-0.15, -0.1) is 22.9 Å².